The fourth-order valence-corrected chi connectivity index (χ4v) is 2.55. The molecular weight excluding hydrogens is 312 g/mol. The van der Waals surface area contributed by atoms with Crippen LogP contribution in [0.2, 0.25) is 0 Å². The number of halogens is 1. The van der Waals surface area contributed by atoms with Crippen molar-refractivity contribution >= 4 is 27.3 Å². The second-order valence-electron chi connectivity index (χ2n) is 5.07. The average molecular weight is 333 g/mol. The zero-order valence-corrected chi connectivity index (χ0v) is 13.8. The van der Waals surface area contributed by atoms with Gasteiger partial charge in [0.1, 0.15) is 0 Å². The van der Waals surface area contributed by atoms with Crippen molar-refractivity contribution in [1.82, 2.24) is 0 Å². The van der Waals surface area contributed by atoms with Crippen LogP contribution in [0.5, 0.6) is 0 Å². The van der Waals surface area contributed by atoms with Gasteiger partial charge in [-0.3, -0.25) is 0 Å². The third-order valence-corrected chi connectivity index (χ3v) is 3.92. The summed E-state index contributed by atoms with van der Waals surface area (Å²) < 4.78 is 1.12. The molecule has 0 heterocycles. The Balaban J connectivity index is 2.24. The quantitative estimate of drug-likeness (QED) is 0.821. The number of nitrogens with zero attached hydrogens (tertiary/aromatic N) is 1. The molecule has 1 atom stereocenters. The molecule has 0 aliphatic rings. The number of hydrogen-bond donors (Lipinski definition) is 1. The van der Waals surface area contributed by atoms with Gasteiger partial charge in [0.2, 0.25) is 0 Å². The molecule has 0 aromatic heterocycles. The van der Waals surface area contributed by atoms with Crippen molar-refractivity contribution in [2.45, 2.75) is 19.4 Å². The van der Waals surface area contributed by atoms with Crippen LogP contribution < -0.4 is 10.2 Å². The van der Waals surface area contributed by atoms with Gasteiger partial charge in [0, 0.05) is 18.6 Å². The van der Waals surface area contributed by atoms with Crippen LogP contribution in [0.15, 0.2) is 53.0 Å². The maximum atomic E-state index is 3.66. The zero-order valence-electron chi connectivity index (χ0n) is 12.2. The van der Waals surface area contributed by atoms with Gasteiger partial charge in [-0.1, -0.05) is 47.1 Å². The lowest BCUT2D eigenvalue weighted by Gasteiger charge is -2.23. The smallest absolute Gasteiger partial charge is 0.0596 e. The second-order valence-corrected chi connectivity index (χ2v) is 5.98. The molecular formula is C17H21BrN2. The van der Waals surface area contributed by atoms with Crippen molar-refractivity contribution in [3.05, 3.63) is 58.6 Å². The minimum Gasteiger partial charge on any atom is -0.377 e. The molecule has 106 valence electrons. The molecule has 2 rings (SSSR count). The number of benzene rings is 2. The summed E-state index contributed by atoms with van der Waals surface area (Å²) in [5.41, 5.74) is 3.69. The summed E-state index contributed by atoms with van der Waals surface area (Å²) in [6.45, 7) is 2.21. The Morgan fingerprint density at radius 2 is 1.70 bits per heavy atom. The van der Waals surface area contributed by atoms with Crippen molar-refractivity contribution in [2.75, 3.05) is 24.3 Å². The van der Waals surface area contributed by atoms with Crippen LogP contribution in [0.3, 0.4) is 0 Å². The number of nitrogens with one attached hydrogen (secondary N) is 1. The van der Waals surface area contributed by atoms with E-state index in [2.05, 4.69) is 95.7 Å². The van der Waals surface area contributed by atoms with Gasteiger partial charge >= 0.3 is 0 Å². The van der Waals surface area contributed by atoms with Crippen molar-refractivity contribution in [1.29, 1.82) is 0 Å². The molecule has 1 unspecified atom stereocenters. The van der Waals surface area contributed by atoms with Crippen molar-refractivity contribution in [3.8, 4) is 0 Å². The molecule has 20 heavy (non-hydrogen) atoms. The molecule has 3 heteroatoms. The summed E-state index contributed by atoms with van der Waals surface area (Å²) in [6, 6.07) is 17.3. The van der Waals surface area contributed by atoms with Crippen LogP contribution >= 0.6 is 15.9 Å². The number of para-hydroxylation sites is 2. The summed E-state index contributed by atoms with van der Waals surface area (Å²) in [6.07, 6.45) is 1.05. The van der Waals surface area contributed by atoms with E-state index in [0.717, 1.165) is 10.9 Å². The maximum absolute atomic E-state index is 3.66. The van der Waals surface area contributed by atoms with Crippen LogP contribution in [-0.2, 0) is 0 Å². The molecule has 1 N–H and O–H groups in total. The predicted octanol–water partition coefficient (Wildman–Crippen LogP) is 5.08. The molecule has 2 aromatic carbocycles. The minimum atomic E-state index is 0.323. The number of rotatable bonds is 5. The lowest BCUT2D eigenvalue weighted by molar-refractivity contribution is 0.749. The highest BCUT2D eigenvalue weighted by Gasteiger charge is 2.11. The highest BCUT2D eigenvalue weighted by molar-refractivity contribution is 9.10. The first-order chi connectivity index (χ1) is 9.61. The van der Waals surface area contributed by atoms with Crippen molar-refractivity contribution in [3.63, 3.8) is 0 Å². The Kier molecular flexibility index (Phi) is 5.07. The molecule has 0 radical (unpaired) electrons. The molecule has 0 saturated carbocycles. The maximum Gasteiger partial charge on any atom is 0.0596 e. The van der Waals surface area contributed by atoms with Gasteiger partial charge in [0.05, 0.1) is 17.4 Å². The third-order valence-electron chi connectivity index (χ3n) is 3.40. The van der Waals surface area contributed by atoms with E-state index in [0.29, 0.717) is 6.04 Å². The SMILES string of the molecule is CCC(Nc1ccccc1N(C)C)c1ccc(Br)cc1. The van der Waals surface area contributed by atoms with E-state index in [9.17, 15) is 0 Å². The van der Waals surface area contributed by atoms with Gasteiger partial charge in [-0.25, -0.2) is 0 Å². The summed E-state index contributed by atoms with van der Waals surface area (Å²) in [7, 11) is 4.14. The summed E-state index contributed by atoms with van der Waals surface area (Å²) >= 11 is 3.49. The number of hydrogen-bond acceptors (Lipinski definition) is 2. The first kappa shape index (κ1) is 14.9. The normalized spacial score (nSPS) is 12.0. The Labute approximate surface area is 129 Å². The van der Waals surface area contributed by atoms with E-state index in [-0.39, 0.29) is 0 Å². The van der Waals surface area contributed by atoms with Gasteiger partial charge in [0.25, 0.3) is 0 Å². The fourth-order valence-electron chi connectivity index (χ4n) is 2.29. The van der Waals surface area contributed by atoms with Gasteiger partial charge in [-0.15, -0.1) is 0 Å². The van der Waals surface area contributed by atoms with Gasteiger partial charge < -0.3 is 10.2 Å². The third kappa shape index (κ3) is 3.54. The molecule has 0 spiro atoms. The van der Waals surface area contributed by atoms with Crippen molar-refractivity contribution in [2.24, 2.45) is 0 Å². The minimum absolute atomic E-state index is 0.323. The molecule has 2 aromatic rings. The Hall–Kier alpha value is -1.48. The summed E-state index contributed by atoms with van der Waals surface area (Å²) in [5.74, 6) is 0. The standard InChI is InChI=1S/C17H21BrN2/c1-4-15(13-9-11-14(18)12-10-13)19-16-7-5-6-8-17(16)20(2)3/h5-12,15,19H,4H2,1-3H3. The van der Waals surface area contributed by atoms with E-state index >= 15 is 0 Å². The average Bonchev–Trinajstić information content (AvgIpc) is 2.46. The molecule has 0 aliphatic heterocycles. The van der Waals surface area contributed by atoms with E-state index in [1.165, 1.54) is 16.9 Å². The molecule has 0 saturated heterocycles. The first-order valence-electron chi connectivity index (χ1n) is 6.90. The lowest BCUT2D eigenvalue weighted by atomic mass is 10.0. The van der Waals surface area contributed by atoms with Crippen LogP contribution in [0.4, 0.5) is 11.4 Å². The highest BCUT2D eigenvalue weighted by atomic mass is 79.9. The van der Waals surface area contributed by atoms with Gasteiger partial charge in [0.15, 0.2) is 0 Å². The Bertz CT molecular complexity index is 549. The van der Waals surface area contributed by atoms with E-state index < -0.39 is 0 Å². The Morgan fingerprint density at radius 3 is 2.30 bits per heavy atom. The van der Waals surface area contributed by atoms with Crippen LogP contribution in [0.1, 0.15) is 24.9 Å². The summed E-state index contributed by atoms with van der Waals surface area (Å²) in [4.78, 5) is 2.14. The van der Waals surface area contributed by atoms with Crippen molar-refractivity contribution < 1.29 is 0 Å². The lowest BCUT2D eigenvalue weighted by Crippen LogP contribution is -2.15. The molecule has 2 nitrogen and oxygen atoms in total. The van der Waals surface area contributed by atoms with E-state index in [1.54, 1.807) is 0 Å². The fraction of sp³-hybridized carbons (Fsp3) is 0.294. The molecule has 0 aliphatic carbocycles. The van der Waals surface area contributed by atoms with Crippen LogP contribution in [0, 0.1) is 0 Å². The van der Waals surface area contributed by atoms with Crippen LogP contribution in [-0.4, -0.2) is 14.1 Å². The van der Waals surface area contributed by atoms with Crippen LogP contribution in [0.25, 0.3) is 0 Å². The monoisotopic (exact) mass is 332 g/mol. The molecule has 0 amide bonds. The molecule has 0 bridgehead atoms. The van der Waals surface area contributed by atoms with Gasteiger partial charge in [-0.2, -0.15) is 0 Å². The zero-order chi connectivity index (χ0) is 14.5. The molecule has 0 fully saturated rings. The first-order valence-corrected chi connectivity index (χ1v) is 7.69. The van der Waals surface area contributed by atoms with E-state index in [1.807, 2.05) is 0 Å². The summed E-state index contributed by atoms with van der Waals surface area (Å²) in [5, 5.41) is 3.66. The predicted molar refractivity (Wildman–Crippen MR) is 91.6 cm³/mol. The second kappa shape index (κ2) is 6.80. The highest BCUT2D eigenvalue weighted by Crippen LogP contribution is 2.29. The Morgan fingerprint density at radius 1 is 1.05 bits per heavy atom. The largest absolute Gasteiger partial charge is 0.377 e. The van der Waals surface area contributed by atoms with E-state index in [4.69, 9.17) is 0 Å². The number of anilines is 2. The topological polar surface area (TPSA) is 15.3 Å². The van der Waals surface area contributed by atoms with Gasteiger partial charge in [-0.05, 0) is 36.2 Å².